The zero-order chi connectivity index (χ0) is 3.58. The van der Waals surface area contributed by atoms with Gasteiger partial charge in [-0.25, -0.2) is 0 Å². The number of carbonyl (C=O) groups excluding carboxylic acids is 1. The first-order chi connectivity index (χ1) is 1.73. The average Bonchev–Trinajstić information content (AvgIpc) is 0.811. The summed E-state index contributed by atoms with van der Waals surface area (Å²) in [5.74, 6) is -0.333. The van der Waals surface area contributed by atoms with Gasteiger partial charge in [0.1, 0.15) is 0 Å². The number of nitrogens with two attached hydrogens (primary N) is 1. The summed E-state index contributed by atoms with van der Waals surface area (Å²) in [5, 5.41) is 0. The molecule has 0 aliphatic heterocycles. The molecule has 0 aliphatic carbocycles. The summed E-state index contributed by atoms with van der Waals surface area (Å²) in [5.41, 5.74) is 4.47. The summed E-state index contributed by atoms with van der Waals surface area (Å²) in [7, 11) is 0. The van der Waals surface area contributed by atoms with E-state index in [1.165, 1.54) is 6.92 Å². The van der Waals surface area contributed by atoms with E-state index in [0.717, 1.165) is 0 Å². The monoisotopic (exact) mass is 101 g/mol. The van der Waals surface area contributed by atoms with E-state index in [-0.39, 0.29) is 43.6 Å². The first-order valence-electron chi connectivity index (χ1n) is 0.993. The third kappa shape index (κ3) is 66.2. The van der Waals surface area contributed by atoms with Crippen LogP contribution in [0, 0.1) is 0 Å². The first-order valence-corrected chi connectivity index (χ1v) is 0.993. The predicted molar refractivity (Wildman–Crippen MR) is 23.4 cm³/mol. The number of amides is 1. The number of rotatable bonds is 0. The van der Waals surface area contributed by atoms with Gasteiger partial charge in [-0.05, 0) is 0 Å². The molecule has 3 heteroatoms. The van der Waals surface area contributed by atoms with Gasteiger partial charge in [-0.1, -0.05) is 0 Å². The minimum absolute atomic E-state index is 0. The van der Waals surface area contributed by atoms with Gasteiger partial charge in [0, 0.05) is 6.92 Å². The fourth-order valence-corrected chi connectivity index (χ4v) is 0. The summed E-state index contributed by atoms with van der Waals surface area (Å²) in [6.07, 6.45) is 0. The molecule has 2 nitrogen and oxygen atoms in total. The second-order valence-corrected chi connectivity index (χ2v) is 0.611. The Morgan fingerprint density at radius 2 is 1.80 bits per heavy atom. The van der Waals surface area contributed by atoms with Crippen LogP contribution in [0.1, 0.15) is 6.92 Å². The van der Waals surface area contributed by atoms with Gasteiger partial charge in [0.15, 0.2) is 0 Å². The van der Waals surface area contributed by atoms with Crippen LogP contribution >= 0.6 is 0 Å². The molecule has 28 valence electrons. The van der Waals surface area contributed by atoms with Gasteiger partial charge < -0.3 is 5.73 Å². The Labute approximate surface area is 60.7 Å². The molecule has 0 fully saturated rings. The van der Waals surface area contributed by atoms with Crippen LogP contribution in [-0.2, 0) is 4.79 Å². The molecule has 0 radical (unpaired) electrons. The van der Waals surface area contributed by atoms with Gasteiger partial charge in [0.05, 0.1) is 0 Å². The fraction of sp³-hybridized carbons (Fsp3) is 0.500. The molecule has 0 heterocycles. The summed E-state index contributed by atoms with van der Waals surface area (Å²) < 4.78 is 0. The molecule has 0 saturated carbocycles. The van der Waals surface area contributed by atoms with E-state index in [0.29, 0.717) is 0 Å². The van der Waals surface area contributed by atoms with Crippen LogP contribution in [0.5, 0.6) is 0 Å². The van der Waals surface area contributed by atoms with Crippen molar-refractivity contribution in [2.45, 2.75) is 6.92 Å². The molecule has 2 N–H and O–H groups in total. The Balaban J connectivity index is 0. The van der Waals surface area contributed by atoms with E-state index >= 15 is 0 Å². The van der Waals surface area contributed by atoms with Crippen LogP contribution in [0.4, 0.5) is 0 Å². The van der Waals surface area contributed by atoms with E-state index in [9.17, 15) is 4.79 Å². The number of primary amides is 1. The van der Waals surface area contributed by atoms with Crippen LogP contribution in [0.25, 0.3) is 0 Å². The Morgan fingerprint density at radius 1 is 1.80 bits per heavy atom. The van der Waals surface area contributed by atoms with Gasteiger partial charge >= 0.3 is 37.7 Å². The normalized spacial score (nSPS) is 5.00. The molecular weight excluding hydrogens is 94.1 g/mol. The van der Waals surface area contributed by atoms with Crippen molar-refractivity contribution in [3.8, 4) is 0 Å². The number of carbonyl (C=O) groups is 1. The van der Waals surface area contributed by atoms with Gasteiger partial charge in [-0.2, -0.15) is 0 Å². The Bertz CT molecular complexity index is 32.6. The molecule has 1 amide bonds. The summed E-state index contributed by atoms with van der Waals surface area (Å²) >= 11 is 0. The molecule has 0 atom stereocenters. The van der Waals surface area contributed by atoms with E-state index in [2.05, 4.69) is 5.73 Å². The van der Waals surface area contributed by atoms with Crippen LogP contribution in [-0.4, -0.2) is 43.6 Å². The molecule has 5 heavy (non-hydrogen) atoms. The third-order valence-corrected chi connectivity index (χ3v) is 0. The van der Waals surface area contributed by atoms with Crippen LogP contribution in [0.15, 0.2) is 0 Å². The van der Waals surface area contributed by atoms with Crippen molar-refractivity contribution in [2.75, 3.05) is 0 Å². The van der Waals surface area contributed by atoms with Crippen LogP contribution in [0.2, 0.25) is 0 Å². The van der Waals surface area contributed by atoms with E-state index in [1.54, 1.807) is 0 Å². The molecule has 0 aliphatic rings. The van der Waals surface area contributed by atoms with Crippen molar-refractivity contribution in [1.29, 1.82) is 0 Å². The van der Waals surface area contributed by atoms with E-state index in [1.807, 2.05) is 0 Å². The van der Waals surface area contributed by atoms with Gasteiger partial charge in [0.25, 0.3) is 0 Å². The predicted octanol–water partition coefficient (Wildman–Crippen LogP) is -1.42. The number of hydrogen-bond acceptors (Lipinski definition) is 1. The van der Waals surface area contributed by atoms with Gasteiger partial charge in [0.2, 0.25) is 5.91 Å². The molecule has 0 aromatic rings. The van der Waals surface area contributed by atoms with Gasteiger partial charge in [-0.3, -0.25) is 4.79 Å². The van der Waals surface area contributed by atoms with Crippen molar-refractivity contribution in [2.24, 2.45) is 5.73 Å². The zero-order valence-corrected chi connectivity index (χ0v) is 2.49. The van der Waals surface area contributed by atoms with Crippen LogP contribution < -0.4 is 5.73 Å². The second-order valence-electron chi connectivity index (χ2n) is 0.611. The van der Waals surface area contributed by atoms with Crippen molar-refractivity contribution in [3.63, 3.8) is 0 Å². The Morgan fingerprint density at radius 3 is 1.80 bits per heavy atom. The second kappa shape index (κ2) is 4.73. The molecule has 0 unspecified atom stereocenters. The van der Waals surface area contributed by atoms with Crippen molar-refractivity contribution in [3.05, 3.63) is 0 Å². The summed E-state index contributed by atoms with van der Waals surface area (Å²) in [6.45, 7) is 1.31. The van der Waals surface area contributed by atoms with Crippen molar-refractivity contribution >= 4 is 43.6 Å². The molecule has 0 spiro atoms. The first kappa shape index (κ1) is 9.21. The third-order valence-electron chi connectivity index (χ3n) is 0. The molecule has 0 saturated heterocycles. The molecular formula is C2H7CaNO. The molecule has 0 aromatic heterocycles. The maximum absolute atomic E-state index is 9.22. The standard InChI is InChI=1S/C2H5NO.Ca.2H/c1-2(3)4;;;/h1H3,(H2,3,4);;;. The van der Waals surface area contributed by atoms with E-state index < -0.39 is 0 Å². The molecule has 0 aromatic carbocycles. The minimum atomic E-state index is -0.333. The summed E-state index contributed by atoms with van der Waals surface area (Å²) in [4.78, 5) is 9.22. The Kier molecular flexibility index (Phi) is 8.72. The summed E-state index contributed by atoms with van der Waals surface area (Å²) in [6, 6.07) is 0. The topological polar surface area (TPSA) is 43.1 Å². The quantitative estimate of drug-likeness (QED) is 0.374. The van der Waals surface area contributed by atoms with Crippen molar-refractivity contribution < 1.29 is 4.79 Å². The Hall–Kier alpha value is 0.730. The molecule has 0 bridgehead atoms. The zero-order valence-electron chi connectivity index (χ0n) is 2.49. The van der Waals surface area contributed by atoms with Gasteiger partial charge in [-0.15, -0.1) is 0 Å². The molecule has 0 rings (SSSR count). The maximum atomic E-state index is 9.22. The van der Waals surface area contributed by atoms with Crippen LogP contribution in [0.3, 0.4) is 0 Å². The van der Waals surface area contributed by atoms with Crippen molar-refractivity contribution in [1.82, 2.24) is 0 Å². The SMILES string of the molecule is CC(N)=O.[CaH2]. The average molecular weight is 101 g/mol. The number of hydrogen-bond donors (Lipinski definition) is 1. The van der Waals surface area contributed by atoms with E-state index in [4.69, 9.17) is 0 Å². The fourth-order valence-electron chi connectivity index (χ4n) is 0.